The molecule has 0 amide bonds. The lowest BCUT2D eigenvalue weighted by atomic mass is 10.1. The van der Waals surface area contributed by atoms with Gasteiger partial charge in [0.2, 0.25) is 0 Å². The number of epoxide rings is 2. The quantitative estimate of drug-likeness (QED) is 0.657. The summed E-state index contributed by atoms with van der Waals surface area (Å²) in [4.78, 5) is 0. The zero-order valence-corrected chi connectivity index (χ0v) is 9.36. The molecule has 4 rings (SSSR count). The first-order valence-corrected chi connectivity index (χ1v) is 6.11. The topological polar surface area (TPSA) is 34.3 Å². The Labute approximate surface area is 90.1 Å². The molecule has 0 bridgehead atoms. The van der Waals surface area contributed by atoms with Gasteiger partial charge in [0.05, 0.1) is 13.2 Å². The summed E-state index contributed by atoms with van der Waals surface area (Å²) in [6.45, 7) is 6.35. The van der Waals surface area contributed by atoms with E-state index in [1.807, 2.05) is 0 Å². The van der Waals surface area contributed by atoms with Crippen molar-refractivity contribution in [2.45, 2.75) is 50.1 Å². The highest BCUT2D eigenvalue weighted by molar-refractivity contribution is 5.20. The van der Waals surface area contributed by atoms with Gasteiger partial charge in [-0.05, 0) is 24.7 Å². The van der Waals surface area contributed by atoms with Crippen molar-refractivity contribution in [2.75, 3.05) is 13.2 Å². The monoisotopic (exact) mass is 210 g/mol. The smallest absolute Gasteiger partial charge is 0.110 e. The van der Waals surface area contributed by atoms with Crippen molar-refractivity contribution in [1.29, 1.82) is 0 Å². The fraction of sp³-hybridized carbons (Fsp3) is 1.00. The van der Waals surface area contributed by atoms with Crippen LogP contribution in [0.15, 0.2) is 0 Å². The van der Waals surface area contributed by atoms with E-state index in [0.717, 1.165) is 13.2 Å². The Morgan fingerprint density at radius 3 is 1.47 bits per heavy atom. The summed E-state index contributed by atoms with van der Waals surface area (Å²) in [6.07, 6.45) is 3.13. The van der Waals surface area contributed by atoms with E-state index in [1.165, 1.54) is 12.8 Å². The zero-order chi connectivity index (χ0) is 10.3. The maximum absolute atomic E-state index is 6.47. The van der Waals surface area contributed by atoms with Gasteiger partial charge in [0.15, 0.2) is 0 Å². The van der Waals surface area contributed by atoms with Crippen LogP contribution in [-0.2, 0) is 14.2 Å². The van der Waals surface area contributed by atoms with E-state index in [0.29, 0.717) is 24.0 Å². The van der Waals surface area contributed by atoms with Crippen LogP contribution in [0.25, 0.3) is 0 Å². The Kier molecular flexibility index (Phi) is 1.44. The van der Waals surface area contributed by atoms with Gasteiger partial charge >= 0.3 is 0 Å². The maximum atomic E-state index is 6.47. The van der Waals surface area contributed by atoms with Crippen molar-refractivity contribution in [3.05, 3.63) is 0 Å². The van der Waals surface area contributed by atoms with Gasteiger partial charge < -0.3 is 14.2 Å². The lowest BCUT2D eigenvalue weighted by Gasteiger charge is -2.24. The minimum Gasteiger partial charge on any atom is -0.370 e. The molecule has 0 aromatic carbocycles. The third-order valence-electron chi connectivity index (χ3n) is 4.74. The molecule has 2 saturated heterocycles. The van der Waals surface area contributed by atoms with Gasteiger partial charge in [-0.15, -0.1) is 0 Å². The highest BCUT2D eigenvalue weighted by Gasteiger charge is 2.72. The number of hydrogen-bond donors (Lipinski definition) is 0. The number of rotatable bonds is 4. The SMILES string of the molecule is CC1CC1(OC1(C2CO2)CC1C)C1CO1. The molecule has 4 fully saturated rings. The van der Waals surface area contributed by atoms with Crippen LogP contribution >= 0.6 is 0 Å². The van der Waals surface area contributed by atoms with Crippen molar-refractivity contribution in [3.8, 4) is 0 Å². The first kappa shape index (κ1) is 8.97. The second-order valence-electron chi connectivity index (χ2n) is 5.87. The molecular weight excluding hydrogens is 192 g/mol. The first-order chi connectivity index (χ1) is 7.17. The largest absolute Gasteiger partial charge is 0.370 e. The lowest BCUT2D eigenvalue weighted by Crippen LogP contribution is -2.36. The summed E-state index contributed by atoms with van der Waals surface area (Å²) in [6, 6.07) is 0. The maximum Gasteiger partial charge on any atom is 0.110 e. The molecule has 0 aromatic rings. The average molecular weight is 210 g/mol. The summed E-state index contributed by atoms with van der Waals surface area (Å²) in [5, 5.41) is 0. The fourth-order valence-electron chi connectivity index (χ4n) is 3.17. The van der Waals surface area contributed by atoms with Gasteiger partial charge in [-0.3, -0.25) is 0 Å². The molecule has 6 unspecified atom stereocenters. The molecule has 2 aliphatic heterocycles. The van der Waals surface area contributed by atoms with E-state index >= 15 is 0 Å². The standard InChI is InChI=1S/C12H18O3/c1-7-3-11(7,9-5-13-9)15-12(4-8(12)2)10-6-14-10/h7-10H,3-6H2,1-2H3. The van der Waals surface area contributed by atoms with Crippen LogP contribution in [0.2, 0.25) is 0 Å². The summed E-state index contributed by atoms with van der Waals surface area (Å²) in [5.41, 5.74) is 0.132. The average Bonchev–Trinajstić information content (AvgIpc) is 2.98. The van der Waals surface area contributed by atoms with Crippen LogP contribution in [-0.4, -0.2) is 36.6 Å². The van der Waals surface area contributed by atoms with Crippen molar-refractivity contribution in [3.63, 3.8) is 0 Å². The van der Waals surface area contributed by atoms with E-state index in [2.05, 4.69) is 13.8 Å². The molecule has 4 aliphatic rings. The van der Waals surface area contributed by atoms with Crippen LogP contribution in [0.3, 0.4) is 0 Å². The second kappa shape index (κ2) is 2.41. The van der Waals surface area contributed by atoms with Gasteiger partial charge in [-0.25, -0.2) is 0 Å². The van der Waals surface area contributed by atoms with E-state index in [-0.39, 0.29) is 11.2 Å². The Bertz CT molecular complexity index is 280. The van der Waals surface area contributed by atoms with Crippen molar-refractivity contribution < 1.29 is 14.2 Å². The Hall–Kier alpha value is -0.120. The highest BCUT2D eigenvalue weighted by Crippen LogP contribution is 2.63. The normalized spacial score (nSPS) is 65.2. The first-order valence-electron chi connectivity index (χ1n) is 6.11. The molecule has 3 nitrogen and oxygen atoms in total. The Morgan fingerprint density at radius 2 is 1.27 bits per heavy atom. The van der Waals surface area contributed by atoms with Crippen LogP contribution in [0.1, 0.15) is 26.7 Å². The third kappa shape index (κ3) is 1.12. The molecule has 2 heterocycles. The molecule has 2 saturated carbocycles. The Morgan fingerprint density at radius 1 is 0.933 bits per heavy atom. The van der Waals surface area contributed by atoms with E-state index in [1.54, 1.807) is 0 Å². The second-order valence-corrected chi connectivity index (χ2v) is 5.87. The molecular formula is C12H18O3. The van der Waals surface area contributed by atoms with E-state index in [9.17, 15) is 0 Å². The minimum absolute atomic E-state index is 0.0662. The summed E-state index contributed by atoms with van der Waals surface area (Å²) in [5.74, 6) is 1.35. The van der Waals surface area contributed by atoms with Gasteiger partial charge in [-0.1, -0.05) is 13.8 Å². The predicted octanol–water partition coefficient (Wildman–Crippen LogP) is 1.36. The van der Waals surface area contributed by atoms with Crippen molar-refractivity contribution >= 4 is 0 Å². The van der Waals surface area contributed by atoms with Gasteiger partial charge in [0.1, 0.15) is 23.4 Å². The predicted molar refractivity (Wildman–Crippen MR) is 53.6 cm³/mol. The molecule has 6 atom stereocenters. The van der Waals surface area contributed by atoms with Gasteiger partial charge in [0.25, 0.3) is 0 Å². The molecule has 3 heteroatoms. The lowest BCUT2D eigenvalue weighted by molar-refractivity contribution is -0.0866. The zero-order valence-electron chi connectivity index (χ0n) is 9.36. The number of ether oxygens (including phenoxy) is 3. The molecule has 0 radical (unpaired) electrons. The number of hydrogen-bond acceptors (Lipinski definition) is 3. The fourth-order valence-corrected chi connectivity index (χ4v) is 3.17. The Balaban J connectivity index is 1.54. The highest BCUT2D eigenvalue weighted by atomic mass is 16.7. The van der Waals surface area contributed by atoms with E-state index < -0.39 is 0 Å². The van der Waals surface area contributed by atoms with Crippen LogP contribution in [0.4, 0.5) is 0 Å². The summed E-state index contributed by atoms with van der Waals surface area (Å²) in [7, 11) is 0. The van der Waals surface area contributed by atoms with Crippen LogP contribution in [0, 0.1) is 11.8 Å². The van der Waals surface area contributed by atoms with Crippen LogP contribution < -0.4 is 0 Å². The van der Waals surface area contributed by atoms with Crippen molar-refractivity contribution in [2.24, 2.45) is 11.8 Å². The summed E-state index contributed by atoms with van der Waals surface area (Å²) >= 11 is 0. The van der Waals surface area contributed by atoms with Crippen molar-refractivity contribution in [1.82, 2.24) is 0 Å². The molecule has 84 valence electrons. The summed E-state index contributed by atoms with van der Waals surface area (Å²) < 4.78 is 17.4. The molecule has 0 N–H and O–H groups in total. The minimum atomic E-state index is 0.0662. The van der Waals surface area contributed by atoms with Gasteiger partial charge in [0, 0.05) is 0 Å². The molecule has 0 spiro atoms. The van der Waals surface area contributed by atoms with E-state index in [4.69, 9.17) is 14.2 Å². The molecule has 15 heavy (non-hydrogen) atoms. The molecule has 2 aliphatic carbocycles. The van der Waals surface area contributed by atoms with Crippen LogP contribution in [0.5, 0.6) is 0 Å². The third-order valence-corrected chi connectivity index (χ3v) is 4.74. The van der Waals surface area contributed by atoms with Gasteiger partial charge in [-0.2, -0.15) is 0 Å². The molecule has 0 aromatic heterocycles.